The lowest BCUT2D eigenvalue weighted by Crippen LogP contribution is -2.17. The number of rotatable bonds is 5. The standard InChI is InChI=1S/C10H12N4O3S/c1-3-11-6(2)9-12-13-10(17-9)7-4-5-8(18-7)14(15)16/h4-6,11H,3H2,1-2H3. The minimum atomic E-state index is -0.438. The average molecular weight is 268 g/mol. The molecule has 2 rings (SSSR count). The van der Waals surface area contributed by atoms with Gasteiger partial charge >= 0.3 is 5.00 Å². The minimum Gasteiger partial charge on any atom is -0.418 e. The Hall–Kier alpha value is -1.80. The summed E-state index contributed by atoms with van der Waals surface area (Å²) in [6.07, 6.45) is 0. The fourth-order valence-electron chi connectivity index (χ4n) is 1.44. The Labute approximate surface area is 107 Å². The van der Waals surface area contributed by atoms with Gasteiger partial charge < -0.3 is 9.73 Å². The summed E-state index contributed by atoms with van der Waals surface area (Å²) >= 11 is 1.02. The SMILES string of the molecule is CCNC(C)c1nnc(-c2ccc([N+](=O)[O-])s2)o1. The van der Waals surface area contributed by atoms with Crippen LogP contribution in [-0.2, 0) is 0 Å². The molecule has 96 valence electrons. The minimum absolute atomic E-state index is 0.0359. The van der Waals surface area contributed by atoms with Gasteiger partial charge in [0.1, 0.15) is 0 Å². The van der Waals surface area contributed by atoms with E-state index in [0.717, 1.165) is 17.9 Å². The molecule has 0 amide bonds. The number of aromatic nitrogens is 2. The molecule has 1 unspecified atom stereocenters. The Kier molecular flexibility index (Phi) is 3.68. The highest BCUT2D eigenvalue weighted by Gasteiger charge is 2.18. The van der Waals surface area contributed by atoms with Crippen LogP contribution >= 0.6 is 11.3 Å². The van der Waals surface area contributed by atoms with Crippen molar-refractivity contribution in [3.05, 3.63) is 28.1 Å². The summed E-state index contributed by atoms with van der Waals surface area (Å²) in [6, 6.07) is 3.00. The first-order chi connectivity index (χ1) is 8.61. The van der Waals surface area contributed by atoms with Crippen LogP contribution in [0.5, 0.6) is 0 Å². The van der Waals surface area contributed by atoms with Gasteiger partial charge in [-0.3, -0.25) is 10.1 Å². The van der Waals surface area contributed by atoms with Crippen LogP contribution in [0.15, 0.2) is 16.5 Å². The Balaban J connectivity index is 2.20. The molecule has 0 saturated heterocycles. The van der Waals surface area contributed by atoms with Gasteiger partial charge in [-0.05, 0) is 19.5 Å². The van der Waals surface area contributed by atoms with E-state index in [9.17, 15) is 10.1 Å². The number of nitrogens with zero attached hydrogens (tertiary/aromatic N) is 3. The lowest BCUT2D eigenvalue weighted by molar-refractivity contribution is -0.380. The highest BCUT2D eigenvalue weighted by atomic mass is 32.1. The van der Waals surface area contributed by atoms with Crippen LogP contribution < -0.4 is 5.32 Å². The maximum atomic E-state index is 10.6. The molecule has 2 heterocycles. The van der Waals surface area contributed by atoms with E-state index < -0.39 is 4.92 Å². The van der Waals surface area contributed by atoms with Crippen molar-refractivity contribution in [2.45, 2.75) is 19.9 Å². The summed E-state index contributed by atoms with van der Waals surface area (Å²) in [5.41, 5.74) is 0. The van der Waals surface area contributed by atoms with Crippen LogP contribution in [0.3, 0.4) is 0 Å². The van der Waals surface area contributed by atoms with Crippen molar-refractivity contribution in [1.82, 2.24) is 15.5 Å². The molecule has 0 bridgehead atoms. The number of thiophene rings is 1. The summed E-state index contributed by atoms with van der Waals surface area (Å²) in [5.74, 6) is 0.788. The summed E-state index contributed by atoms with van der Waals surface area (Å²) in [6.45, 7) is 4.69. The first-order valence-corrected chi connectivity index (χ1v) is 6.25. The van der Waals surface area contributed by atoms with Crippen molar-refractivity contribution < 1.29 is 9.34 Å². The van der Waals surface area contributed by atoms with Crippen molar-refractivity contribution in [3.63, 3.8) is 0 Å². The van der Waals surface area contributed by atoms with E-state index in [-0.39, 0.29) is 11.0 Å². The normalized spacial score (nSPS) is 12.6. The highest BCUT2D eigenvalue weighted by Crippen LogP contribution is 2.32. The van der Waals surface area contributed by atoms with Gasteiger partial charge in [0.15, 0.2) is 0 Å². The van der Waals surface area contributed by atoms with E-state index in [4.69, 9.17) is 4.42 Å². The molecular formula is C10H12N4O3S. The van der Waals surface area contributed by atoms with Crippen molar-refractivity contribution in [3.8, 4) is 10.8 Å². The van der Waals surface area contributed by atoms with E-state index in [2.05, 4.69) is 15.5 Å². The van der Waals surface area contributed by atoms with Gasteiger partial charge in [0.2, 0.25) is 5.89 Å². The van der Waals surface area contributed by atoms with E-state index in [1.54, 1.807) is 6.07 Å². The van der Waals surface area contributed by atoms with Crippen LogP contribution in [-0.4, -0.2) is 21.7 Å². The number of nitro groups is 1. The van der Waals surface area contributed by atoms with Gasteiger partial charge in [-0.15, -0.1) is 10.2 Å². The monoisotopic (exact) mass is 268 g/mol. The van der Waals surface area contributed by atoms with Crippen LogP contribution in [0, 0.1) is 10.1 Å². The van der Waals surface area contributed by atoms with Gasteiger partial charge in [-0.1, -0.05) is 18.3 Å². The second-order valence-electron chi connectivity index (χ2n) is 3.62. The molecule has 0 radical (unpaired) electrons. The smallest absolute Gasteiger partial charge is 0.324 e. The van der Waals surface area contributed by atoms with E-state index in [1.165, 1.54) is 6.07 Å². The lowest BCUT2D eigenvalue weighted by atomic mass is 10.3. The van der Waals surface area contributed by atoms with Crippen LogP contribution in [0.25, 0.3) is 10.8 Å². The zero-order chi connectivity index (χ0) is 13.1. The predicted octanol–water partition coefficient (Wildman–Crippen LogP) is 2.38. The number of hydrogen-bond donors (Lipinski definition) is 1. The molecule has 0 aliphatic heterocycles. The molecule has 0 aliphatic rings. The number of nitrogens with one attached hydrogen (secondary N) is 1. The molecule has 1 atom stereocenters. The summed E-state index contributed by atoms with van der Waals surface area (Å²) in [5, 5.41) is 21.6. The van der Waals surface area contributed by atoms with Crippen LogP contribution in [0.4, 0.5) is 5.00 Å². The van der Waals surface area contributed by atoms with Gasteiger partial charge in [-0.25, -0.2) is 0 Å². The third-order valence-corrected chi connectivity index (χ3v) is 3.33. The first-order valence-electron chi connectivity index (χ1n) is 5.43. The Bertz CT molecular complexity index is 551. The third-order valence-electron chi connectivity index (χ3n) is 2.30. The van der Waals surface area contributed by atoms with Crippen LogP contribution in [0.1, 0.15) is 25.8 Å². The summed E-state index contributed by atoms with van der Waals surface area (Å²) in [4.78, 5) is 10.7. The first kappa shape index (κ1) is 12.7. The third kappa shape index (κ3) is 2.54. The molecule has 7 nitrogen and oxygen atoms in total. The van der Waals surface area contributed by atoms with E-state index >= 15 is 0 Å². The molecular weight excluding hydrogens is 256 g/mol. The maximum absolute atomic E-state index is 10.6. The molecule has 0 spiro atoms. The van der Waals surface area contributed by atoms with Crippen molar-refractivity contribution >= 4 is 16.3 Å². The fraction of sp³-hybridized carbons (Fsp3) is 0.400. The molecule has 0 fully saturated rings. The van der Waals surface area contributed by atoms with Crippen molar-refractivity contribution in [2.24, 2.45) is 0 Å². The topological polar surface area (TPSA) is 94.1 Å². The molecule has 0 aromatic carbocycles. The Morgan fingerprint density at radius 1 is 1.56 bits per heavy atom. The molecule has 18 heavy (non-hydrogen) atoms. The molecule has 0 saturated carbocycles. The van der Waals surface area contributed by atoms with Gasteiger partial charge in [0, 0.05) is 6.07 Å². The predicted molar refractivity (Wildman–Crippen MR) is 66.4 cm³/mol. The number of hydrogen-bond acceptors (Lipinski definition) is 7. The van der Waals surface area contributed by atoms with Gasteiger partial charge in [0.05, 0.1) is 15.8 Å². The Morgan fingerprint density at radius 3 is 2.94 bits per heavy atom. The van der Waals surface area contributed by atoms with Gasteiger partial charge in [0.25, 0.3) is 5.89 Å². The second-order valence-corrected chi connectivity index (χ2v) is 4.68. The van der Waals surface area contributed by atoms with Crippen LogP contribution in [0.2, 0.25) is 0 Å². The molecule has 8 heteroatoms. The second kappa shape index (κ2) is 5.23. The van der Waals surface area contributed by atoms with Crippen molar-refractivity contribution in [2.75, 3.05) is 6.54 Å². The quantitative estimate of drug-likeness (QED) is 0.660. The fourth-order valence-corrected chi connectivity index (χ4v) is 2.19. The molecule has 2 aromatic rings. The summed E-state index contributed by atoms with van der Waals surface area (Å²) < 4.78 is 5.48. The van der Waals surface area contributed by atoms with Gasteiger partial charge in [-0.2, -0.15) is 0 Å². The van der Waals surface area contributed by atoms with E-state index in [1.807, 2.05) is 13.8 Å². The molecule has 0 aliphatic carbocycles. The zero-order valence-corrected chi connectivity index (χ0v) is 10.7. The zero-order valence-electron chi connectivity index (χ0n) is 9.91. The summed E-state index contributed by atoms with van der Waals surface area (Å²) in [7, 11) is 0. The molecule has 2 aromatic heterocycles. The highest BCUT2D eigenvalue weighted by molar-refractivity contribution is 7.18. The Morgan fingerprint density at radius 2 is 2.33 bits per heavy atom. The largest absolute Gasteiger partial charge is 0.418 e. The molecule has 1 N–H and O–H groups in total. The van der Waals surface area contributed by atoms with E-state index in [0.29, 0.717) is 16.7 Å². The van der Waals surface area contributed by atoms with Crippen molar-refractivity contribution in [1.29, 1.82) is 0 Å². The lowest BCUT2D eigenvalue weighted by Gasteiger charge is -2.05. The maximum Gasteiger partial charge on any atom is 0.324 e. The average Bonchev–Trinajstić information content (AvgIpc) is 2.98.